The lowest BCUT2D eigenvalue weighted by molar-refractivity contribution is 0.310. The van der Waals surface area contributed by atoms with Crippen molar-refractivity contribution in [2.45, 2.75) is 70.4 Å². The number of hydrogen-bond donors (Lipinski definition) is 2. The van der Waals surface area contributed by atoms with Gasteiger partial charge in [-0.1, -0.05) is 26.8 Å². The largest absolute Gasteiger partial charge is 0.491 e. The van der Waals surface area contributed by atoms with Crippen LogP contribution in [-0.4, -0.2) is 48.3 Å². The second kappa shape index (κ2) is 10.7. The molecule has 0 saturated heterocycles. The number of pyridine rings is 1. The maximum atomic E-state index is 13.1. The van der Waals surface area contributed by atoms with E-state index in [0.29, 0.717) is 38.1 Å². The van der Waals surface area contributed by atoms with Gasteiger partial charge in [-0.3, -0.25) is 0 Å². The van der Waals surface area contributed by atoms with Crippen LogP contribution in [0.4, 0.5) is 11.6 Å². The average molecular weight is 551 g/mol. The van der Waals surface area contributed by atoms with Crippen LogP contribution in [0.1, 0.15) is 56.9 Å². The second-order valence-corrected chi connectivity index (χ2v) is 13.5. The first-order valence-corrected chi connectivity index (χ1v) is 15.3. The van der Waals surface area contributed by atoms with Crippen molar-refractivity contribution in [1.29, 1.82) is 0 Å². The van der Waals surface area contributed by atoms with Crippen LogP contribution in [0, 0.1) is 5.41 Å². The minimum Gasteiger partial charge on any atom is -0.491 e. The SMILES string of the molecule is CCC(N)CCS(=O)(=O)c1cc(-c2ccc3c(c2)CN(c2ncnc4c2CC(C)(C)CC4)CCO3)cnc1N. The Balaban J connectivity index is 1.46. The summed E-state index contributed by atoms with van der Waals surface area (Å²) in [4.78, 5) is 15.9. The van der Waals surface area contributed by atoms with Crippen LogP contribution in [0.5, 0.6) is 5.75 Å². The van der Waals surface area contributed by atoms with Gasteiger partial charge in [-0.2, -0.15) is 0 Å². The number of hydrogen-bond acceptors (Lipinski definition) is 9. The summed E-state index contributed by atoms with van der Waals surface area (Å²) in [6.07, 6.45) is 7.40. The summed E-state index contributed by atoms with van der Waals surface area (Å²) in [5.41, 5.74) is 17.1. The summed E-state index contributed by atoms with van der Waals surface area (Å²) in [7, 11) is -3.63. The molecule has 0 amide bonds. The molecular weight excluding hydrogens is 512 g/mol. The topological polar surface area (TPSA) is 137 Å². The van der Waals surface area contributed by atoms with E-state index >= 15 is 0 Å². The zero-order valence-corrected chi connectivity index (χ0v) is 23.8. The maximum Gasteiger partial charge on any atom is 0.182 e. The quantitative estimate of drug-likeness (QED) is 0.448. The Kier molecular flexibility index (Phi) is 7.52. The second-order valence-electron chi connectivity index (χ2n) is 11.4. The number of fused-ring (bicyclic) bond motifs is 2. The molecule has 208 valence electrons. The average Bonchev–Trinajstić information content (AvgIpc) is 3.13. The third-order valence-electron chi connectivity index (χ3n) is 7.88. The molecular formula is C29H38N6O3S. The lowest BCUT2D eigenvalue weighted by Crippen LogP contribution is -2.31. The molecule has 9 nitrogen and oxygen atoms in total. The fourth-order valence-electron chi connectivity index (χ4n) is 5.37. The Morgan fingerprint density at radius 3 is 2.77 bits per heavy atom. The molecule has 0 spiro atoms. The lowest BCUT2D eigenvalue weighted by Gasteiger charge is -2.33. The molecule has 39 heavy (non-hydrogen) atoms. The normalized spacial score (nSPS) is 17.5. The predicted octanol–water partition coefficient (Wildman–Crippen LogP) is 3.94. The molecule has 2 aliphatic rings. The number of aryl methyl sites for hydroxylation is 1. The number of aromatic nitrogens is 3. The van der Waals surface area contributed by atoms with Crippen LogP contribution in [0.2, 0.25) is 0 Å². The third-order valence-corrected chi connectivity index (χ3v) is 9.65. The summed E-state index contributed by atoms with van der Waals surface area (Å²) in [6.45, 7) is 8.41. The fourth-order valence-corrected chi connectivity index (χ4v) is 6.88. The fraction of sp³-hybridized carbons (Fsp3) is 0.483. The van der Waals surface area contributed by atoms with Gasteiger partial charge in [0.2, 0.25) is 0 Å². The first kappa shape index (κ1) is 27.3. The number of sulfone groups is 1. The Labute approximate surface area is 230 Å². The van der Waals surface area contributed by atoms with E-state index in [4.69, 9.17) is 21.2 Å². The molecule has 1 unspecified atom stereocenters. The Morgan fingerprint density at radius 1 is 1.15 bits per heavy atom. The number of ether oxygens (including phenoxy) is 1. The molecule has 3 aromatic rings. The minimum atomic E-state index is -3.63. The van der Waals surface area contributed by atoms with Gasteiger partial charge in [0.25, 0.3) is 0 Å². The summed E-state index contributed by atoms with van der Waals surface area (Å²) >= 11 is 0. The van der Waals surface area contributed by atoms with Crippen molar-refractivity contribution >= 4 is 21.5 Å². The highest BCUT2D eigenvalue weighted by Crippen LogP contribution is 2.39. The van der Waals surface area contributed by atoms with E-state index < -0.39 is 9.84 Å². The van der Waals surface area contributed by atoms with Crippen LogP contribution in [0.3, 0.4) is 0 Å². The van der Waals surface area contributed by atoms with Crippen molar-refractivity contribution in [3.05, 3.63) is 53.6 Å². The van der Waals surface area contributed by atoms with E-state index in [1.165, 1.54) is 5.56 Å². The van der Waals surface area contributed by atoms with E-state index in [1.807, 2.05) is 25.1 Å². The summed E-state index contributed by atoms with van der Waals surface area (Å²) < 4.78 is 32.3. The highest BCUT2D eigenvalue weighted by atomic mass is 32.2. The first-order chi connectivity index (χ1) is 18.6. The molecule has 2 aromatic heterocycles. The van der Waals surface area contributed by atoms with Gasteiger partial charge >= 0.3 is 0 Å². The highest BCUT2D eigenvalue weighted by molar-refractivity contribution is 7.91. The van der Waals surface area contributed by atoms with E-state index in [2.05, 4.69) is 28.7 Å². The molecule has 0 radical (unpaired) electrons. The smallest absolute Gasteiger partial charge is 0.182 e. The zero-order chi connectivity index (χ0) is 27.8. The van der Waals surface area contributed by atoms with E-state index in [0.717, 1.165) is 47.7 Å². The standard InChI is InChI=1S/C29H38N6O3S/c1-4-22(30)8-12-39(36,37)26-14-20(16-32-27(26)31)19-5-6-25-21(13-19)17-35(10-11-38-25)28-23-15-29(2,3)9-7-24(23)33-18-34-28/h5-6,13-14,16,18,22H,4,7-12,15,17,30H2,1-3H3,(H2,31,32). The van der Waals surface area contributed by atoms with Gasteiger partial charge in [0.15, 0.2) is 9.84 Å². The summed E-state index contributed by atoms with van der Waals surface area (Å²) in [5.74, 6) is 1.73. The van der Waals surface area contributed by atoms with Gasteiger partial charge in [-0.25, -0.2) is 23.4 Å². The number of nitrogens with two attached hydrogens (primary N) is 2. The van der Waals surface area contributed by atoms with Crippen molar-refractivity contribution in [2.24, 2.45) is 11.1 Å². The van der Waals surface area contributed by atoms with Crippen LogP contribution in [0.15, 0.2) is 41.7 Å². The van der Waals surface area contributed by atoms with E-state index in [9.17, 15) is 8.42 Å². The minimum absolute atomic E-state index is 0.00421. The van der Waals surface area contributed by atoms with Crippen LogP contribution in [-0.2, 0) is 29.2 Å². The number of nitrogen functional groups attached to an aromatic ring is 1. The molecule has 0 saturated carbocycles. The van der Waals surface area contributed by atoms with Crippen LogP contribution >= 0.6 is 0 Å². The van der Waals surface area contributed by atoms with Gasteiger partial charge in [0, 0.05) is 41.2 Å². The molecule has 1 aromatic carbocycles. The number of anilines is 2. The van der Waals surface area contributed by atoms with Gasteiger partial charge in [0.1, 0.15) is 35.2 Å². The van der Waals surface area contributed by atoms with Crippen LogP contribution in [0.25, 0.3) is 11.1 Å². The van der Waals surface area contributed by atoms with Gasteiger partial charge in [-0.05, 0) is 61.3 Å². The first-order valence-electron chi connectivity index (χ1n) is 13.6. The lowest BCUT2D eigenvalue weighted by atomic mass is 9.76. The molecule has 3 heterocycles. The summed E-state index contributed by atoms with van der Waals surface area (Å²) in [5, 5.41) is 0. The van der Waals surface area contributed by atoms with Crippen molar-refractivity contribution in [3.63, 3.8) is 0 Å². The maximum absolute atomic E-state index is 13.1. The Morgan fingerprint density at radius 2 is 1.97 bits per heavy atom. The van der Waals surface area contributed by atoms with Crippen molar-refractivity contribution < 1.29 is 13.2 Å². The van der Waals surface area contributed by atoms with Crippen molar-refractivity contribution in [1.82, 2.24) is 15.0 Å². The number of rotatable bonds is 7. The van der Waals surface area contributed by atoms with Crippen molar-refractivity contribution in [2.75, 3.05) is 29.5 Å². The molecule has 1 aliphatic carbocycles. The monoisotopic (exact) mass is 550 g/mol. The number of benzene rings is 1. The van der Waals surface area contributed by atoms with Gasteiger partial charge in [0.05, 0.1) is 12.3 Å². The molecule has 1 atom stereocenters. The van der Waals surface area contributed by atoms with Gasteiger partial charge in [-0.15, -0.1) is 0 Å². The Bertz CT molecular complexity index is 1470. The van der Waals surface area contributed by atoms with Crippen LogP contribution < -0.4 is 21.1 Å². The predicted molar refractivity (Wildman–Crippen MR) is 153 cm³/mol. The molecule has 0 bridgehead atoms. The molecule has 5 rings (SSSR count). The van der Waals surface area contributed by atoms with E-state index in [1.54, 1.807) is 18.6 Å². The summed E-state index contributed by atoms with van der Waals surface area (Å²) in [6, 6.07) is 7.37. The molecule has 10 heteroatoms. The zero-order valence-electron chi connectivity index (χ0n) is 23.0. The molecule has 4 N–H and O–H groups in total. The number of nitrogens with zero attached hydrogens (tertiary/aromatic N) is 4. The highest BCUT2D eigenvalue weighted by Gasteiger charge is 2.31. The molecule has 1 aliphatic heterocycles. The molecule has 0 fully saturated rings. The van der Waals surface area contributed by atoms with Crippen molar-refractivity contribution in [3.8, 4) is 16.9 Å². The van der Waals surface area contributed by atoms with Gasteiger partial charge < -0.3 is 21.1 Å². The van der Waals surface area contributed by atoms with E-state index in [-0.39, 0.29) is 27.9 Å². The Hall–Kier alpha value is -3.24. The third kappa shape index (κ3) is 5.86.